The van der Waals surface area contributed by atoms with Crippen molar-refractivity contribution in [3.63, 3.8) is 0 Å². The number of aryl methyl sites for hydroxylation is 1. The van der Waals surface area contributed by atoms with Crippen LogP contribution in [-0.4, -0.2) is 39.6 Å². The summed E-state index contributed by atoms with van der Waals surface area (Å²) < 4.78 is 52.8. The van der Waals surface area contributed by atoms with E-state index in [9.17, 15) is 22.8 Å². The molecule has 0 unspecified atom stereocenters. The molecule has 7 nitrogen and oxygen atoms in total. The van der Waals surface area contributed by atoms with Gasteiger partial charge in [-0.2, -0.15) is 13.2 Å². The number of pyridine rings is 1. The van der Waals surface area contributed by atoms with E-state index in [2.05, 4.69) is 4.98 Å². The highest BCUT2D eigenvalue weighted by molar-refractivity contribution is 7.19. The second-order valence-corrected chi connectivity index (χ2v) is 11.5. The van der Waals surface area contributed by atoms with Crippen LogP contribution in [0.3, 0.4) is 0 Å². The maximum Gasteiger partial charge on any atom is 0.406 e. The zero-order valence-electron chi connectivity index (χ0n) is 21.8. The quantitative estimate of drug-likeness (QED) is 0.255. The van der Waals surface area contributed by atoms with Crippen LogP contribution in [0.1, 0.15) is 36.1 Å². The van der Waals surface area contributed by atoms with Gasteiger partial charge < -0.3 is 9.47 Å². The van der Waals surface area contributed by atoms with Crippen LogP contribution in [0.25, 0.3) is 21.3 Å². The van der Waals surface area contributed by atoms with Crippen molar-refractivity contribution >= 4 is 33.2 Å². The average molecular weight is 594 g/mol. The molecule has 1 fully saturated rings. The van der Waals surface area contributed by atoms with Crippen LogP contribution < -0.4 is 16.0 Å². The first-order valence-electron chi connectivity index (χ1n) is 12.8. The topological polar surface area (TPSA) is 75.3 Å². The first-order valence-corrected chi connectivity index (χ1v) is 14.0. The molecule has 0 spiro atoms. The molecule has 1 aliphatic rings. The molecule has 1 aliphatic carbocycles. The van der Waals surface area contributed by atoms with E-state index in [1.54, 1.807) is 19.4 Å². The number of thiophene rings is 1. The molecule has 12 heteroatoms. The summed E-state index contributed by atoms with van der Waals surface area (Å²) in [6, 6.07) is 8.25. The molecule has 4 aromatic rings. The van der Waals surface area contributed by atoms with Crippen molar-refractivity contribution < 1.29 is 22.6 Å². The molecule has 0 N–H and O–H groups in total. The van der Waals surface area contributed by atoms with Gasteiger partial charge in [0, 0.05) is 46.6 Å². The van der Waals surface area contributed by atoms with Crippen LogP contribution in [-0.2, 0) is 17.8 Å². The van der Waals surface area contributed by atoms with E-state index < -0.39 is 24.0 Å². The molecule has 3 heterocycles. The number of halogens is 4. The Hall–Kier alpha value is -3.15. The summed E-state index contributed by atoms with van der Waals surface area (Å²) in [5, 5.41) is 0.547. The Balaban J connectivity index is 1.52. The van der Waals surface area contributed by atoms with E-state index >= 15 is 0 Å². The molecule has 40 heavy (non-hydrogen) atoms. The van der Waals surface area contributed by atoms with E-state index in [1.165, 1.54) is 11.3 Å². The van der Waals surface area contributed by atoms with Crippen LogP contribution in [0.2, 0.25) is 5.02 Å². The predicted molar refractivity (Wildman–Crippen MR) is 149 cm³/mol. The molecule has 0 aliphatic heterocycles. The minimum Gasteiger partial charge on any atom is -0.490 e. The lowest BCUT2D eigenvalue weighted by Crippen LogP contribution is -2.41. The normalized spacial score (nSPS) is 17.9. The molecule has 0 atom stereocenters. The van der Waals surface area contributed by atoms with Crippen molar-refractivity contribution in [3.05, 3.63) is 79.0 Å². The first kappa shape index (κ1) is 28.4. The second kappa shape index (κ2) is 11.4. The monoisotopic (exact) mass is 593 g/mol. The van der Waals surface area contributed by atoms with Crippen LogP contribution in [0.15, 0.2) is 52.3 Å². The molecule has 5 rings (SSSR count). The highest BCUT2D eigenvalue weighted by Crippen LogP contribution is 2.42. The Labute approximate surface area is 236 Å². The SMILES string of the molecule is COC1CCC(Oc2c(C)cc(Cl)cc2-c2ccnc3cc(Cn4c(=O)ccn(CC(F)(F)F)c4=O)sc23)CC1. The number of methoxy groups -OCH3 is 1. The smallest absolute Gasteiger partial charge is 0.406 e. The van der Waals surface area contributed by atoms with E-state index in [0.29, 0.717) is 20.0 Å². The third kappa shape index (κ3) is 6.11. The lowest BCUT2D eigenvalue weighted by Gasteiger charge is -2.29. The van der Waals surface area contributed by atoms with Crippen LogP contribution >= 0.6 is 22.9 Å². The Bertz CT molecular complexity index is 1660. The van der Waals surface area contributed by atoms with Gasteiger partial charge >= 0.3 is 11.9 Å². The van der Waals surface area contributed by atoms with Gasteiger partial charge in [0.2, 0.25) is 0 Å². The molecule has 0 radical (unpaired) electrons. The third-order valence-electron chi connectivity index (χ3n) is 7.03. The Morgan fingerprint density at radius 2 is 1.80 bits per heavy atom. The summed E-state index contributed by atoms with van der Waals surface area (Å²) in [6.45, 7) is 0.281. The van der Waals surface area contributed by atoms with Gasteiger partial charge in [-0.05, 0) is 62.4 Å². The van der Waals surface area contributed by atoms with Gasteiger partial charge in [0.05, 0.1) is 29.0 Å². The van der Waals surface area contributed by atoms with Crippen molar-refractivity contribution in [2.24, 2.45) is 0 Å². The fourth-order valence-corrected chi connectivity index (χ4v) is 6.49. The minimum atomic E-state index is -4.60. The summed E-state index contributed by atoms with van der Waals surface area (Å²) >= 11 is 7.78. The molecule has 212 valence electrons. The van der Waals surface area contributed by atoms with Crippen molar-refractivity contribution in [1.82, 2.24) is 14.1 Å². The fourth-order valence-electron chi connectivity index (χ4n) is 5.09. The van der Waals surface area contributed by atoms with E-state index in [4.69, 9.17) is 21.1 Å². The highest BCUT2D eigenvalue weighted by Gasteiger charge is 2.29. The van der Waals surface area contributed by atoms with Crippen molar-refractivity contribution in [3.8, 4) is 16.9 Å². The third-order valence-corrected chi connectivity index (χ3v) is 8.40. The number of alkyl halides is 3. The van der Waals surface area contributed by atoms with Gasteiger partial charge in [-0.1, -0.05) is 11.6 Å². The van der Waals surface area contributed by atoms with Crippen molar-refractivity contribution in [1.29, 1.82) is 0 Å². The summed E-state index contributed by atoms with van der Waals surface area (Å²) in [7, 11) is 1.73. The molecule has 1 saturated carbocycles. The number of hydrogen-bond donors (Lipinski definition) is 0. The van der Waals surface area contributed by atoms with Crippen LogP contribution in [0, 0.1) is 6.92 Å². The van der Waals surface area contributed by atoms with Gasteiger partial charge in [-0.3, -0.25) is 18.9 Å². The standard InChI is InChI=1S/C28H27ClF3N3O4S/c1-16-11-17(29)12-22(25(16)39-19-5-3-18(38-2)4-6-19)21-7-9-33-23-13-20(40-26(21)23)14-35-24(36)8-10-34(27(35)37)15-28(30,31)32/h7-13,18-19H,3-6,14-15H2,1-2H3. The largest absolute Gasteiger partial charge is 0.490 e. The van der Waals surface area contributed by atoms with Gasteiger partial charge in [-0.15, -0.1) is 11.3 Å². The van der Waals surface area contributed by atoms with E-state index in [1.807, 2.05) is 25.1 Å². The fraction of sp³-hybridized carbons (Fsp3) is 0.393. The average Bonchev–Trinajstić information content (AvgIpc) is 3.32. The molecular formula is C28H27ClF3N3O4S. The van der Waals surface area contributed by atoms with Crippen LogP contribution in [0.4, 0.5) is 13.2 Å². The lowest BCUT2D eigenvalue weighted by molar-refractivity contribution is -0.141. The molecular weight excluding hydrogens is 567 g/mol. The van der Waals surface area contributed by atoms with Gasteiger partial charge in [-0.25, -0.2) is 4.79 Å². The molecule has 0 bridgehead atoms. The summed E-state index contributed by atoms with van der Waals surface area (Å²) in [5.41, 5.74) is 1.42. The maximum atomic E-state index is 12.9. The predicted octanol–water partition coefficient (Wildman–Crippen LogP) is 6.20. The van der Waals surface area contributed by atoms with E-state index in [0.717, 1.165) is 69.7 Å². The number of nitrogens with zero attached hydrogens (tertiary/aromatic N) is 3. The number of ether oxygens (including phenoxy) is 2. The van der Waals surface area contributed by atoms with Gasteiger partial charge in [0.25, 0.3) is 5.56 Å². The Morgan fingerprint density at radius 3 is 2.50 bits per heavy atom. The highest BCUT2D eigenvalue weighted by atomic mass is 35.5. The summed E-state index contributed by atoms with van der Waals surface area (Å²) in [4.78, 5) is 30.2. The number of aromatic nitrogens is 3. The van der Waals surface area contributed by atoms with Crippen LogP contribution in [0.5, 0.6) is 5.75 Å². The Kier molecular flexibility index (Phi) is 8.08. The zero-order chi connectivity index (χ0) is 28.6. The van der Waals surface area contributed by atoms with Crippen molar-refractivity contribution in [2.45, 2.75) is 64.1 Å². The Morgan fingerprint density at radius 1 is 1.07 bits per heavy atom. The minimum absolute atomic E-state index is 0.0325. The first-order chi connectivity index (χ1) is 19.0. The second-order valence-electron chi connectivity index (χ2n) is 9.90. The van der Waals surface area contributed by atoms with Gasteiger partial charge in [0.1, 0.15) is 12.3 Å². The number of hydrogen-bond acceptors (Lipinski definition) is 6. The summed E-state index contributed by atoms with van der Waals surface area (Å²) in [6.07, 6.45) is 1.77. The molecule has 3 aromatic heterocycles. The molecule has 0 saturated heterocycles. The number of fused-ring (bicyclic) bond motifs is 1. The van der Waals surface area contributed by atoms with Gasteiger partial charge in [0.15, 0.2) is 0 Å². The zero-order valence-corrected chi connectivity index (χ0v) is 23.4. The lowest BCUT2D eigenvalue weighted by atomic mass is 9.94. The maximum absolute atomic E-state index is 12.9. The number of rotatable bonds is 7. The van der Waals surface area contributed by atoms with E-state index in [-0.39, 0.29) is 18.8 Å². The molecule has 1 aromatic carbocycles. The van der Waals surface area contributed by atoms with Crippen molar-refractivity contribution in [2.75, 3.05) is 7.11 Å². The molecule has 0 amide bonds. The number of benzene rings is 1. The summed E-state index contributed by atoms with van der Waals surface area (Å²) in [5.74, 6) is 0.724.